The fraction of sp³-hybridized carbons (Fsp3) is 0.500. The Morgan fingerprint density at radius 1 is 1.59 bits per heavy atom. The smallest absolute Gasteiger partial charge is 0.238 e. The van der Waals surface area contributed by atoms with Crippen molar-refractivity contribution >= 4 is 27.5 Å². The lowest BCUT2D eigenvalue weighted by Crippen LogP contribution is -2.34. The zero-order valence-electron chi connectivity index (χ0n) is 10.4. The van der Waals surface area contributed by atoms with E-state index in [4.69, 9.17) is 0 Å². The summed E-state index contributed by atoms with van der Waals surface area (Å²) in [5, 5.41) is 5.94. The summed E-state index contributed by atoms with van der Waals surface area (Å²) in [7, 11) is 0. The molecule has 0 aliphatic carbocycles. The second-order valence-electron chi connectivity index (χ2n) is 4.07. The van der Waals surface area contributed by atoms with Gasteiger partial charge in [-0.05, 0) is 47.8 Å². The molecule has 1 aromatic rings. The molecule has 0 aromatic carbocycles. The van der Waals surface area contributed by atoms with E-state index in [1.54, 1.807) is 6.20 Å². The molecule has 0 bridgehead atoms. The summed E-state index contributed by atoms with van der Waals surface area (Å²) >= 11 is 3.32. The van der Waals surface area contributed by atoms with Gasteiger partial charge in [-0.3, -0.25) is 4.79 Å². The van der Waals surface area contributed by atoms with Crippen LogP contribution in [0.5, 0.6) is 0 Å². The standard InChI is InChI=1S/C12H18BrN3O/c1-4-9(3)14-7-11(17)16-10-5-8(2)12(13)15-6-10/h5-6,9,14H,4,7H2,1-3H3,(H,16,17). The van der Waals surface area contributed by atoms with Gasteiger partial charge in [-0.25, -0.2) is 4.98 Å². The van der Waals surface area contributed by atoms with Gasteiger partial charge in [0.1, 0.15) is 4.60 Å². The lowest BCUT2D eigenvalue weighted by atomic mass is 10.2. The van der Waals surface area contributed by atoms with E-state index < -0.39 is 0 Å². The number of hydrogen-bond donors (Lipinski definition) is 2. The average molecular weight is 300 g/mol. The lowest BCUT2D eigenvalue weighted by Gasteiger charge is -2.11. The third-order valence-electron chi connectivity index (χ3n) is 2.52. The van der Waals surface area contributed by atoms with Gasteiger partial charge in [0.15, 0.2) is 0 Å². The van der Waals surface area contributed by atoms with Gasteiger partial charge in [0, 0.05) is 6.04 Å². The Morgan fingerprint density at radius 3 is 2.88 bits per heavy atom. The van der Waals surface area contributed by atoms with Gasteiger partial charge in [0.2, 0.25) is 5.91 Å². The van der Waals surface area contributed by atoms with E-state index >= 15 is 0 Å². The molecule has 1 aromatic heterocycles. The number of aromatic nitrogens is 1. The number of anilines is 1. The molecule has 17 heavy (non-hydrogen) atoms. The fourth-order valence-corrected chi connectivity index (χ4v) is 1.46. The third-order valence-corrected chi connectivity index (χ3v) is 3.35. The Morgan fingerprint density at radius 2 is 2.29 bits per heavy atom. The number of aryl methyl sites for hydroxylation is 1. The summed E-state index contributed by atoms with van der Waals surface area (Å²) in [4.78, 5) is 15.7. The van der Waals surface area contributed by atoms with Gasteiger partial charge >= 0.3 is 0 Å². The van der Waals surface area contributed by atoms with E-state index in [-0.39, 0.29) is 5.91 Å². The third kappa shape index (κ3) is 4.83. The molecule has 0 saturated carbocycles. The molecule has 1 amide bonds. The van der Waals surface area contributed by atoms with Crippen LogP contribution in [0, 0.1) is 6.92 Å². The Labute approximate surface area is 110 Å². The maximum atomic E-state index is 11.6. The molecule has 0 fully saturated rings. The molecular formula is C12H18BrN3O. The topological polar surface area (TPSA) is 54.0 Å². The molecule has 4 nitrogen and oxygen atoms in total. The van der Waals surface area contributed by atoms with E-state index in [0.29, 0.717) is 12.6 Å². The number of amides is 1. The predicted molar refractivity (Wildman–Crippen MR) is 73.1 cm³/mol. The van der Waals surface area contributed by atoms with Gasteiger partial charge < -0.3 is 10.6 Å². The highest BCUT2D eigenvalue weighted by Crippen LogP contribution is 2.16. The normalized spacial score (nSPS) is 12.2. The Balaban J connectivity index is 2.48. The summed E-state index contributed by atoms with van der Waals surface area (Å²) in [6.45, 7) is 6.39. The molecule has 94 valence electrons. The van der Waals surface area contributed by atoms with Crippen molar-refractivity contribution in [3.63, 3.8) is 0 Å². The van der Waals surface area contributed by atoms with Crippen molar-refractivity contribution in [3.05, 3.63) is 22.4 Å². The molecule has 5 heteroatoms. The summed E-state index contributed by atoms with van der Waals surface area (Å²) < 4.78 is 0.799. The quantitative estimate of drug-likeness (QED) is 0.821. The van der Waals surface area contributed by atoms with Crippen LogP contribution >= 0.6 is 15.9 Å². The number of rotatable bonds is 5. The van der Waals surface area contributed by atoms with Gasteiger partial charge in [-0.1, -0.05) is 6.92 Å². The number of nitrogens with zero attached hydrogens (tertiary/aromatic N) is 1. The molecule has 1 rings (SSSR count). The molecular weight excluding hydrogens is 282 g/mol. The van der Waals surface area contributed by atoms with Crippen LogP contribution in [0.4, 0.5) is 5.69 Å². The highest BCUT2D eigenvalue weighted by molar-refractivity contribution is 9.10. The number of halogens is 1. The van der Waals surface area contributed by atoms with E-state index in [1.807, 2.05) is 13.0 Å². The van der Waals surface area contributed by atoms with Crippen LogP contribution in [0.1, 0.15) is 25.8 Å². The van der Waals surface area contributed by atoms with Crippen LogP contribution in [0.15, 0.2) is 16.9 Å². The van der Waals surface area contributed by atoms with E-state index in [0.717, 1.165) is 22.3 Å². The molecule has 0 aliphatic heterocycles. The van der Waals surface area contributed by atoms with E-state index in [2.05, 4.69) is 45.4 Å². The summed E-state index contributed by atoms with van der Waals surface area (Å²) in [5.41, 5.74) is 1.72. The first kappa shape index (κ1) is 14.1. The highest BCUT2D eigenvalue weighted by atomic mass is 79.9. The minimum Gasteiger partial charge on any atom is -0.324 e. The van der Waals surface area contributed by atoms with E-state index in [1.165, 1.54) is 0 Å². The summed E-state index contributed by atoms with van der Waals surface area (Å²) in [5.74, 6) is -0.0474. The van der Waals surface area contributed by atoms with Crippen molar-refractivity contribution in [1.29, 1.82) is 0 Å². The lowest BCUT2D eigenvalue weighted by molar-refractivity contribution is -0.115. The first-order chi connectivity index (χ1) is 8.02. The SMILES string of the molecule is CCC(C)NCC(=O)Nc1cnc(Br)c(C)c1. The number of nitrogens with one attached hydrogen (secondary N) is 2. The second-order valence-corrected chi connectivity index (χ2v) is 4.82. The molecule has 0 radical (unpaired) electrons. The number of carbonyl (C=O) groups is 1. The average Bonchev–Trinajstić information content (AvgIpc) is 2.31. The van der Waals surface area contributed by atoms with Crippen molar-refractivity contribution in [3.8, 4) is 0 Å². The van der Waals surface area contributed by atoms with Crippen molar-refractivity contribution in [2.24, 2.45) is 0 Å². The van der Waals surface area contributed by atoms with Crippen LogP contribution < -0.4 is 10.6 Å². The van der Waals surface area contributed by atoms with Crippen molar-refractivity contribution < 1.29 is 4.79 Å². The molecule has 1 unspecified atom stereocenters. The van der Waals surface area contributed by atoms with Crippen molar-refractivity contribution in [2.75, 3.05) is 11.9 Å². The Hall–Kier alpha value is -0.940. The maximum Gasteiger partial charge on any atom is 0.238 e. The first-order valence-electron chi connectivity index (χ1n) is 5.68. The molecule has 1 atom stereocenters. The van der Waals surface area contributed by atoms with Crippen molar-refractivity contribution in [2.45, 2.75) is 33.2 Å². The minimum atomic E-state index is -0.0474. The molecule has 0 aliphatic rings. The minimum absolute atomic E-state index is 0.0474. The van der Waals surface area contributed by atoms with Crippen LogP contribution in [0.2, 0.25) is 0 Å². The number of hydrogen-bond acceptors (Lipinski definition) is 3. The zero-order valence-corrected chi connectivity index (χ0v) is 12.0. The van der Waals surface area contributed by atoms with Crippen LogP contribution in [0.25, 0.3) is 0 Å². The Bertz CT molecular complexity index is 395. The second kappa shape index (κ2) is 6.71. The first-order valence-corrected chi connectivity index (χ1v) is 6.47. The highest BCUT2D eigenvalue weighted by Gasteiger charge is 2.05. The van der Waals surface area contributed by atoms with Gasteiger partial charge in [-0.2, -0.15) is 0 Å². The number of carbonyl (C=O) groups excluding carboxylic acids is 1. The summed E-state index contributed by atoms with van der Waals surface area (Å²) in [6.07, 6.45) is 2.64. The zero-order chi connectivity index (χ0) is 12.8. The molecule has 0 spiro atoms. The molecule has 1 heterocycles. The van der Waals surface area contributed by atoms with Crippen LogP contribution in [0.3, 0.4) is 0 Å². The van der Waals surface area contributed by atoms with Crippen LogP contribution in [-0.2, 0) is 4.79 Å². The van der Waals surface area contributed by atoms with E-state index in [9.17, 15) is 4.79 Å². The number of pyridine rings is 1. The van der Waals surface area contributed by atoms with Gasteiger partial charge in [0.25, 0.3) is 0 Å². The molecule has 2 N–H and O–H groups in total. The van der Waals surface area contributed by atoms with Crippen LogP contribution in [-0.4, -0.2) is 23.5 Å². The van der Waals surface area contributed by atoms with Gasteiger partial charge in [0.05, 0.1) is 18.4 Å². The van der Waals surface area contributed by atoms with Crippen molar-refractivity contribution in [1.82, 2.24) is 10.3 Å². The molecule has 0 saturated heterocycles. The van der Waals surface area contributed by atoms with Gasteiger partial charge in [-0.15, -0.1) is 0 Å². The maximum absolute atomic E-state index is 11.6. The predicted octanol–water partition coefficient (Wildman–Crippen LogP) is 2.48. The largest absolute Gasteiger partial charge is 0.324 e. The Kier molecular flexibility index (Phi) is 5.58. The fourth-order valence-electron chi connectivity index (χ4n) is 1.24. The summed E-state index contributed by atoms with van der Waals surface area (Å²) in [6, 6.07) is 2.24. The monoisotopic (exact) mass is 299 g/mol.